The van der Waals surface area contributed by atoms with E-state index in [1.54, 1.807) is 12.4 Å². The van der Waals surface area contributed by atoms with Crippen LogP contribution >= 0.6 is 0 Å². The summed E-state index contributed by atoms with van der Waals surface area (Å²) in [6, 6.07) is 8.05. The number of alkyl halides is 1. The number of aryl methyl sites for hydroxylation is 3. The molecule has 6 heterocycles. The number of piperidine rings is 1. The number of hydrogen-bond donors (Lipinski definition) is 3. The summed E-state index contributed by atoms with van der Waals surface area (Å²) >= 11 is 0. The molecule has 2 bridgehead atoms. The number of benzene rings is 1. The van der Waals surface area contributed by atoms with Crippen molar-refractivity contribution < 1.29 is 18.4 Å². The van der Waals surface area contributed by atoms with E-state index in [0.29, 0.717) is 48.5 Å². The smallest absolute Gasteiger partial charge is 0.254 e. The quantitative estimate of drug-likeness (QED) is 0.221. The number of imidazole rings is 1. The van der Waals surface area contributed by atoms with Crippen molar-refractivity contribution >= 4 is 33.9 Å². The molecule has 2 amide bonds. The molecule has 1 saturated heterocycles. The van der Waals surface area contributed by atoms with Gasteiger partial charge in [-0.25, -0.2) is 18.7 Å². The molecule has 1 aromatic carbocycles. The van der Waals surface area contributed by atoms with Crippen LogP contribution < -0.4 is 16.0 Å². The van der Waals surface area contributed by atoms with E-state index < -0.39 is 23.9 Å². The Labute approximate surface area is 282 Å². The monoisotopic (exact) mass is 666 g/mol. The molecule has 5 aromatic rings. The molecule has 3 N–H and O–H groups in total. The Morgan fingerprint density at radius 1 is 1.06 bits per heavy atom. The van der Waals surface area contributed by atoms with Crippen LogP contribution in [-0.2, 0) is 13.0 Å². The van der Waals surface area contributed by atoms with Gasteiger partial charge in [0.2, 0.25) is 0 Å². The normalized spacial score (nSPS) is 21.8. The van der Waals surface area contributed by atoms with E-state index in [4.69, 9.17) is 9.97 Å². The predicted molar refractivity (Wildman–Crippen MR) is 183 cm³/mol. The summed E-state index contributed by atoms with van der Waals surface area (Å²) in [7, 11) is 0. The Morgan fingerprint density at radius 3 is 2.73 bits per heavy atom. The molecule has 0 radical (unpaired) electrons. The second-order valence-corrected chi connectivity index (χ2v) is 13.8. The van der Waals surface area contributed by atoms with Gasteiger partial charge in [-0.1, -0.05) is 6.42 Å². The minimum atomic E-state index is -1.19. The predicted octanol–water partition coefficient (Wildman–Crippen LogP) is 5.88. The lowest BCUT2D eigenvalue weighted by atomic mass is 9.99. The van der Waals surface area contributed by atoms with Crippen LogP contribution in [-0.4, -0.2) is 61.2 Å². The Balaban J connectivity index is 1.19. The highest BCUT2D eigenvalue weighted by molar-refractivity contribution is 5.99. The Morgan fingerprint density at radius 2 is 1.92 bits per heavy atom. The lowest BCUT2D eigenvalue weighted by molar-refractivity contribution is 0.0887. The topological polar surface area (TPSA) is 119 Å². The molecule has 4 aromatic heterocycles. The zero-order valence-corrected chi connectivity index (χ0v) is 27.7. The number of halogens is 2. The van der Waals surface area contributed by atoms with Crippen molar-refractivity contribution in [3.05, 3.63) is 76.5 Å². The van der Waals surface area contributed by atoms with Crippen molar-refractivity contribution in [2.75, 3.05) is 13.1 Å². The van der Waals surface area contributed by atoms with E-state index in [0.717, 1.165) is 72.1 Å². The molecule has 3 atom stereocenters. The maximum Gasteiger partial charge on any atom is 0.254 e. The molecule has 49 heavy (non-hydrogen) atoms. The molecule has 254 valence electrons. The summed E-state index contributed by atoms with van der Waals surface area (Å²) in [5.74, 6) is -0.732. The van der Waals surface area contributed by atoms with Crippen molar-refractivity contribution in [1.29, 1.82) is 0 Å². The van der Waals surface area contributed by atoms with Crippen molar-refractivity contribution in [3.63, 3.8) is 0 Å². The number of carbonyl (C=O) groups excluding carboxylic acids is 2. The molecule has 12 heteroatoms. The van der Waals surface area contributed by atoms with Gasteiger partial charge in [0.15, 0.2) is 5.82 Å². The van der Waals surface area contributed by atoms with E-state index in [2.05, 4.69) is 36.1 Å². The van der Waals surface area contributed by atoms with Crippen LogP contribution in [0.2, 0.25) is 0 Å². The van der Waals surface area contributed by atoms with Crippen LogP contribution in [0.15, 0.2) is 42.7 Å². The number of fused-ring (bicyclic) bond motifs is 3. The SMILES string of the molecule is Cc1cncc2c1C(=O)N[C@H](C)c1ccc3cc(-c4nc5cc(C(=O)N[C@H]6CNCC[C@@H]6F)c(F)cc5n4C4CC4)n(c3n1)CCCCC2. The molecule has 10 nitrogen and oxygen atoms in total. The maximum atomic E-state index is 15.7. The number of nitrogens with zero attached hydrogens (tertiary/aromatic N) is 5. The average Bonchev–Trinajstić information content (AvgIpc) is 3.76. The van der Waals surface area contributed by atoms with E-state index in [-0.39, 0.29) is 23.6 Å². The van der Waals surface area contributed by atoms with Gasteiger partial charge in [0, 0.05) is 48.5 Å². The van der Waals surface area contributed by atoms with Crippen LogP contribution in [0.25, 0.3) is 33.6 Å². The van der Waals surface area contributed by atoms with Gasteiger partial charge < -0.3 is 25.1 Å². The van der Waals surface area contributed by atoms with Crippen LogP contribution in [0, 0.1) is 12.7 Å². The summed E-state index contributed by atoms with van der Waals surface area (Å²) < 4.78 is 34.4. The highest BCUT2D eigenvalue weighted by atomic mass is 19.1. The Hall–Kier alpha value is -4.71. The van der Waals surface area contributed by atoms with E-state index in [9.17, 15) is 14.0 Å². The van der Waals surface area contributed by atoms with Crippen LogP contribution in [0.3, 0.4) is 0 Å². The van der Waals surface area contributed by atoms with Gasteiger partial charge in [-0.15, -0.1) is 0 Å². The summed E-state index contributed by atoms with van der Waals surface area (Å²) in [4.78, 5) is 41.2. The minimum Gasteiger partial charge on any atom is -0.345 e. The molecule has 0 unspecified atom stereocenters. The molecular formula is C37H40F2N8O2. The molecule has 2 fully saturated rings. The average molecular weight is 667 g/mol. The minimum absolute atomic E-state index is 0.129. The highest BCUT2D eigenvalue weighted by Gasteiger charge is 2.32. The van der Waals surface area contributed by atoms with Crippen molar-refractivity contribution in [1.82, 2.24) is 40.0 Å². The molecular weight excluding hydrogens is 626 g/mol. The van der Waals surface area contributed by atoms with E-state index in [1.165, 1.54) is 12.1 Å². The second-order valence-electron chi connectivity index (χ2n) is 13.8. The number of pyridine rings is 2. The summed E-state index contributed by atoms with van der Waals surface area (Å²) in [5, 5.41) is 9.88. The first-order valence-electron chi connectivity index (χ1n) is 17.4. The van der Waals surface area contributed by atoms with Gasteiger partial charge in [0.05, 0.1) is 40.1 Å². The third-order valence-corrected chi connectivity index (χ3v) is 10.2. The molecule has 2 aliphatic heterocycles. The summed E-state index contributed by atoms with van der Waals surface area (Å²) in [5.41, 5.74) is 5.91. The lowest BCUT2D eigenvalue weighted by Crippen LogP contribution is -2.52. The molecule has 8 rings (SSSR count). The van der Waals surface area contributed by atoms with Gasteiger partial charge in [0.1, 0.15) is 17.6 Å². The van der Waals surface area contributed by atoms with E-state index in [1.807, 2.05) is 26.0 Å². The van der Waals surface area contributed by atoms with Crippen molar-refractivity contribution in [3.8, 4) is 11.5 Å². The second kappa shape index (κ2) is 12.6. The first-order valence-corrected chi connectivity index (χ1v) is 17.4. The fraction of sp³-hybridized carbons (Fsp3) is 0.432. The first kappa shape index (κ1) is 31.6. The third kappa shape index (κ3) is 5.85. The number of amides is 2. The zero-order valence-electron chi connectivity index (χ0n) is 27.7. The maximum absolute atomic E-state index is 15.7. The Kier molecular flexibility index (Phi) is 8.13. The van der Waals surface area contributed by atoms with Crippen LogP contribution in [0.5, 0.6) is 0 Å². The molecule has 1 aliphatic carbocycles. The van der Waals surface area contributed by atoms with Crippen LogP contribution in [0.4, 0.5) is 8.78 Å². The van der Waals surface area contributed by atoms with Crippen molar-refractivity contribution in [2.45, 2.75) is 89.6 Å². The number of carbonyl (C=O) groups is 2. The van der Waals surface area contributed by atoms with Gasteiger partial charge in [-0.2, -0.15) is 0 Å². The molecule has 3 aliphatic rings. The summed E-state index contributed by atoms with van der Waals surface area (Å²) in [6.45, 7) is 5.41. The number of hydrogen-bond acceptors (Lipinski definition) is 6. The van der Waals surface area contributed by atoms with Crippen molar-refractivity contribution in [2.24, 2.45) is 0 Å². The van der Waals surface area contributed by atoms with Gasteiger partial charge in [0.25, 0.3) is 11.8 Å². The van der Waals surface area contributed by atoms with Crippen LogP contribution in [0.1, 0.15) is 95.1 Å². The fourth-order valence-corrected chi connectivity index (χ4v) is 7.42. The standard InChI is InChI=1S/C37H40F2N8O2/c1-20-17-41-18-23-6-4-3-5-13-46-32(14-22-7-10-28(43-34(22)46)21(2)42-37(49)33(20)23)35-44-29-15-25(27(39)16-31(29)47(35)24-8-9-24)36(48)45-30-19-40-12-11-26(30)38/h7,10,14-18,21,24,26,30,40H,3-6,8-9,11-13,19H2,1-2H3,(H,42,49)(H,45,48)/t21-,26+,30+/m1/s1. The third-order valence-electron chi connectivity index (χ3n) is 10.2. The highest BCUT2D eigenvalue weighted by Crippen LogP contribution is 2.43. The Bertz CT molecular complexity index is 2100. The largest absolute Gasteiger partial charge is 0.345 e. The summed E-state index contributed by atoms with van der Waals surface area (Å²) in [6.07, 6.45) is 8.02. The first-order chi connectivity index (χ1) is 23.8. The van der Waals surface area contributed by atoms with E-state index >= 15 is 4.39 Å². The number of nitrogens with one attached hydrogen (secondary N) is 3. The van der Waals surface area contributed by atoms with Gasteiger partial charge in [-0.05, 0) is 94.3 Å². The molecule has 1 saturated carbocycles. The fourth-order valence-electron chi connectivity index (χ4n) is 7.42. The zero-order chi connectivity index (χ0) is 33.8. The number of aromatic nitrogens is 5. The lowest BCUT2D eigenvalue weighted by Gasteiger charge is -2.27. The molecule has 0 spiro atoms. The van der Waals surface area contributed by atoms with Gasteiger partial charge >= 0.3 is 0 Å². The number of rotatable bonds is 4. The van der Waals surface area contributed by atoms with Gasteiger partial charge in [-0.3, -0.25) is 14.6 Å².